The molecule has 0 unspecified atom stereocenters. The zero-order valence-electron chi connectivity index (χ0n) is 9.38. The molecule has 0 aliphatic carbocycles. The number of hydrogen-bond acceptors (Lipinski definition) is 1. The molecule has 1 amide bonds. The fraction of sp³-hybridized carbons (Fsp3) is 0. The highest BCUT2D eigenvalue weighted by atomic mass is 79.9. The van der Waals surface area contributed by atoms with E-state index in [1.807, 2.05) is 0 Å². The van der Waals surface area contributed by atoms with E-state index in [1.165, 1.54) is 12.1 Å². The van der Waals surface area contributed by atoms with Crippen molar-refractivity contribution in [1.82, 2.24) is 0 Å². The van der Waals surface area contributed by atoms with Gasteiger partial charge in [-0.25, -0.2) is 4.39 Å². The molecule has 19 heavy (non-hydrogen) atoms. The lowest BCUT2D eigenvalue weighted by Crippen LogP contribution is -2.13. The molecule has 2 rings (SSSR count). The molecule has 0 fully saturated rings. The van der Waals surface area contributed by atoms with Crippen molar-refractivity contribution in [1.29, 1.82) is 0 Å². The molecule has 2 aromatic rings. The van der Waals surface area contributed by atoms with E-state index in [9.17, 15) is 9.18 Å². The third kappa shape index (κ3) is 3.55. The molecule has 2 aromatic carbocycles. The van der Waals surface area contributed by atoms with E-state index < -0.39 is 11.7 Å². The summed E-state index contributed by atoms with van der Waals surface area (Å²) in [7, 11) is 0. The Kier molecular flexibility index (Phi) is 4.60. The lowest BCUT2D eigenvalue weighted by atomic mass is 10.2. The van der Waals surface area contributed by atoms with Gasteiger partial charge in [0, 0.05) is 14.5 Å². The average Bonchev–Trinajstić information content (AvgIpc) is 2.37. The predicted octanol–water partition coefficient (Wildman–Crippen LogP) is 5.26. The Balaban J connectivity index is 2.25. The fourth-order valence-corrected chi connectivity index (χ4v) is 2.28. The van der Waals surface area contributed by atoms with Gasteiger partial charge in [0.05, 0.1) is 10.7 Å². The van der Waals surface area contributed by atoms with Crippen LogP contribution >= 0.6 is 43.5 Å². The summed E-state index contributed by atoms with van der Waals surface area (Å²) in [5.41, 5.74) is 0.501. The van der Waals surface area contributed by atoms with Gasteiger partial charge in [-0.1, -0.05) is 27.5 Å². The van der Waals surface area contributed by atoms with Crippen LogP contribution < -0.4 is 5.32 Å². The van der Waals surface area contributed by atoms with Crippen molar-refractivity contribution in [2.75, 3.05) is 5.32 Å². The van der Waals surface area contributed by atoms with Crippen LogP contribution in [0.2, 0.25) is 5.02 Å². The maximum atomic E-state index is 13.5. The number of benzene rings is 2. The number of amides is 1. The minimum absolute atomic E-state index is 0.116. The van der Waals surface area contributed by atoms with Gasteiger partial charge in [-0.15, -0.1) is 0 Å². The highest BCUT2D eigenvalue weighted by molar-refractivity contribution is 9.10. The third-order valence-corrected chi connectivity index (χ3v) is 4.07. The van der Waals surface area contributed by atoms with Gasteiger partial charge < -0.3 is 5.32 Å². The number of halogens is 4. The summed E-state index contributed by atoms with van der Waals surface area (Å²) in [4.78, 5) is 12.0. The van der Waals surface area contributed by atoms with Gasteiger partial charge in [0.1, 0.15) is 5.82 Å². The lowest BCUT2D eigenvalue weighted by molar-refractivity contribution is 0.102. The van der Waals surface area contributed by atoms with Crippen LogP contribution in [0, 0.1) is 5.82 Å². The van der Waals surface area contributed by atoms with Crippen molar-refractivity contribution < 1.29 is 9.18 Å². The maximum absolute atomic E-state index is 13.5. The summed E-state index contributed by atoms with van der Waals surface area (Å²) < 4.78 is 14.8. The van der Waals surface area contributed by atoms with Crippen LogP contribution in [0.1, 0.15) is 10.4 Å². The van der Waals surface area contributed by atoms with Crippen LogP contribution in [-0.4, -0.2) is 5.91 Å². The van der Waals surface area contributed by atoms with E-state index in [2.05, 4.69) is 37.2 Å². The second-order valence-corrected chi connectivity index (χ2v) is 5.88. The average molecular weight is 407 g/mol. The molecule has 0 spiro atoms. The Bertz CT molecular complexity index is 649. The summed E-state index contributed by atoms with van der Waals surface area (Å²) >= 11 is 12.3. The molecule has 0 aliphatic rings. The number of hydrogen-bond donors (Lipinski definition) is 1. The zero-order valence-corrected chi connectivity index (χ0v) is 13.3. The van der Waals surface area contributed by atoms with E-state index in [1.54, 1.807) is 24.3 Å². The molecule has 2 nitrogen and oxygen atoms in total. The summed E-state index contributed by atoms with van der Waals surface area (Å²) in [6, 6.07) is 9.07. The molecule has 0 aromatic heterocycles. The smallest absolute Gasteiger partial charge is 0.255 e. The molecule has 0 bridgehead atoms. The van der Waals surface area contributed by atoms with E-state index in [-0.39, 0.29) is 5.69 Å². The highest BCUT2D eigenvalue weighted by Gasteiger charge is 2.11. The SMILES string of the molecule is O=C(Nc1cc(Br)ccc1F)c1ccc(Cl)c(Br)c1. The van der Waals surface area contributed by atoms with Gasteiger partial charge in [0.15, 0.2) is 0 Å². The van der Waals surface area contributed by atoms with Crippen LogP contribution in [0.3, 0.4) is 0 Å². The largest absolute Gasteiger partial charge is 0.319 e. The number of rotatable bonds is 2. The molecule has 1 N–H and O–H groups in total. The van der Waals surface area contributed by atoms with Crippen molar-refractivity contribution in [3.63, 3.8) is 0 Å². The minimum atomic E-state index is -0.496. The number of carbonyl (C=O) groups excluding carboxylic acids is 1. The van der Waals surface area contributed by atoms with E-state index in [0.29, 0.717) is 19.5 Å². The van der Waals surface area contributed by atoms with E-state index >= 15 is 0 Å². The highest BCUT2D eigenvalue weighted by Crippen LogP contribution is 2.25. The molecule has 0 atom stereocenters. The standard InChI is InChI=1S/C13H7Br2ClFNO/c14-8-2-4-11(17)12(6-8)18-13(19)7-1-3-10(16)9(15)5-7/h1-6H,(H,18,19). The second-order valence-electron chi connectivity index (χ2n) is 3.71. The summed E-state index contributed by atoms with van der Waals surface area (Å²) in [5, 5.41) is 3.01. The van der Waals surface area contributed by atoms with Gasteiger partial charge in [0.2, 0.25) is 0 Å². The van der Waals surface area contributed by atoms with Gasteiger partial charge in [0.25, 0.3) is 5.91 Å². The first-order valence-electron chi connectivity index (χ1n) is 5.19. The number of carbonyl (C=O) groups is 1. The monoisotopic (exact) mass is 405 g/mol. The van der Waals surface area contributed by atoms with Crippen LogP contribution in [0.4, 0.5) is 10.1 Å². The molecule has 98 valence electrons. The molecule has 0 saturated heterocycles. The molecular formula is C13H7Br2ClFNO. The first-order valence-corrected chi connectivity index (χ1v) is 7.15. The lowest BCUT2D eigenvalue weighted by Gasteiger charge is -2.07. The van der Waals surface area contributed by atoms with Gasteiger partial charge in [-0.3, -0.25) is 4.79 Å². The second kappa shape index (κ2) is 6.03. The molecule has 0 aliphatic heterocycles. The van der Waals surface area contributed by atoms with E-state index in [0.717, 1.165) is 0 Å². The van der Waals surface area contributed by atoms with Crippen molar-refractivity contribution >= 4 is 55.1 Å². The van der Waals surface area contributed by atoms with Crippen LogP contribution in [-0.2, 0) is 0 Å². The Hall–Kier alpha value is -0.910. The maximum Gasteiger partial charge on any atom is 0.255 e. The Morgan fingerprint density at radius 2 is 1.89 bits per heavy atom. The van der Waals surface area contributed by atoms with Gasteiger partial charge >= 0.3 is 0 Å². The fourth-order valence-electron chi connectivity index (χ4n) is 1.43. The third-order valence-electron chi connectivity index (χ3n) is 2.36. The molecule has 0 heterocycles. The van der Waals surface area contributed by atoms with Gasteiger partial charge in [-0.2, -0.15) is 0 Å². The van der Waals surface area contributed by atoms with E-state index in [4.69, 9.17) is 11.6 Å². The quantitative estimate of drug-likeness (QED) is 0.723. The first kappa shape index (κ1) is 14.5. The molecule has 0 saturated carbocycles. The molecule has 6 heteroatoms. The van der Waals surface area contributed by atoms with Crippen LogP contribution in [0.5, 0.6) is 0 Å². The Morgan fingerprint density at radius 3 is 2.58 bits per heavy atom. The predicted molar refractivity (Wildman–Crippen MR) is 81.2 cm³/mol. The topological polar surface area (TPSA) is 29.1 Å². The summed E-state index contributed by atoms with van der Waals surface area (Å²) in [5.74, 6) is -0.904. The van der Waals surface area contributed by atoms with Gasteiger partial charge in [-0.05, 0) is 52.3 Å². The first-order chi connectivity index (χ1) is 8.97. The van der Waals surface area contributed by atoms with Crippen LogP contribution in [0.25, 0.3) is 0 Å². The minimum Gasteiger partial charge on any atom is -0.319 e. The van der Waals surface area contributed by atoms with Crippen LogP contribution in [0.15, 0.2) is 45.3 Å². The summed E-state index contributed by atoms with van der Waals surface area (Å²) in [6.45, 7) is 0. The molecule has 0 radical (unpaired) electrons. The normalized spacial score (nSPS) is 10.3. The van der Waals surface area contributed by atoms with Crippen molar-refractivity contribution in [2.24, 2.45) is 0 Å². The number of anilines is 1. The van der Waals surface area contributed by atoms with Crippen molar-refractivity contribution in [2.45, 2.75) is 0 Å². The summed E-state index contributed by atoms with van der Waals surface area (Å²) in [6.07, 6.45) is 0. The zero-order chi connectivity index (χ0) is 14.0. The Morgan fingerprint density at radius 1 is 1.16 bits per heavy atom. The molecular weight excluding hydrogens is 400 g/mol. The Labute approximate surface area is 131 Å². The van der Waals surface area contributed by atoms with Crippen molar-refractivity contribution in [3.8, 4) is 0 Å². The van der Waals surface area contributed by atoms with Crippen molar-refractivity contribution in [3.05, 3.63) is 61.7 Å². The number of nitrogens with one attached hydrogen (secondary N) is 1.